The summed E-state index contributed by atoms with van der Waals surface area (Å²) in [5.41, 5.74) is 1.82. The third kappa shape index (κ3) is 4.17. The number of nitrogens with zero attached hydrogens (tertiary/aromatic N) is 1. The second-order valence-electron chi connectivity index (χ2n) is 4.69. The van der Waals surface area contributed by atoms with Crippen molar-refractivity contribution in [2.75, 3.05) is 0 Å². The molecule has 0 aromatic heterocycles. The molecule has 21 heavy (non-hydrogen) atoms. The number of rotatable bonds is 5. The number of nitrogens with one attached hydrogen (secondary N) is 1. The van der Waals surface area contributed by atoms with Crippen LogP contribution in [0.25, 0.3) is 0 Å². The Bertz CT molecular complexity index is 645. The highest BCUT2D eigenvalue weighted by Crippen LogP contribution is 2.23. The number of halogens is 2. The molecule has 0 unspecified atom stereocenters. The van der Waals surface area contributed by atoms with Crippen LogP contribution in [0.2, 0.25) is 10.0 Å². The van der Waals surface area contributed by atoms with E-state index in [1.54, 1.807) is 6.07 Å². The van der Waals surface area contributed by atoms with E-state index in [0.29, 0.717) is 22.2 Å². The molecule has 6 heteroatoms. The van der Waals surface area contributed by atoms with E-state index in [1.807, 2.05) is 31.2 Å². The van der Waals surface area contributed by atoms with E-state index in [-0.39, 0.29) is 11.7 Å². The number of non-ortho nitro benzene ring substituents is 1. The maximum atomic E-state index is 10.8. The maximum absolute atomic E-state index is 10.8. The van der Waals surface area contributed by atoms with Gasteiger partial charge < -0.3 is 5.32 Å². The van der Waals surface area contributed by atoms with Crippen LogP contribution >= 0.6 is 23.2 Å². The summed E-state index contributed by atoms with van der Waals surface area (Å²) in [6, 6.07) is 12.1. The summed E-state index contributed by atoms with van der Waals surface area (Å²) in [6.07, 6.45) is 0. The van der Waals surface area contributed by atoms with Gasteiger partial charge in [0.15, 0.2) is 0 Å². The van der Waals surface area contributed by atoms with Crippen molar-refractivity contribution in [1.82, 2.24) is 5.32 Å². The number of hydrogen-bond donors (Lipinski definition) is 1. The van der Waals surface area contributed by atoms with E-state index in [1.165, 1.54) is 12.1 Å². The molecule has 0 radical (unpaired) electrons. The van der Waals surface area contributed by atoms with E-state index < -0.39 is 4.92 Å². The molecule has 1 N–H and O–H groups in total. The van der Waals surface area contributed by atoms with Crippen LogP contribution in [0.15, 0.2) is 42.5 Å². The van der Waals surface area contributed by atoms with Crippen molar-refractivity contribution in [3.63, 3.8) is 0 Å². The van der Waals surface area contributed by atoms with Crippen molar-refractivity contribution in [2.24, 2.45) is 0 Å². The smallest absolute Gasteiger partial charge is 0.269 e. The minimum absolute atomic E-state index is 0.0374. The molecule has 0 fully saturated rings. The Morgan fingerprint density at radius 2 is 1.86 bits per heavy atom. The first-order valence-electron chi connectivity index (χ1n) is 6.39. The molecule has 0 bridgehead atoms. The monoisotopic (exact) mass is 324 g/mol. The molecule has 2 rings (SSSR count). The molecule has 0 aliphatic heterocycles. The fourth-order valence-corrected chi connectivity index (χ4v) is 2.25. The quantitative estimate of drug-likeness (QED) is 0.637. The third-order valence-corrected chi connectivity index (χ3v) is 3.83. The highest BCUT2D eigenvalue weighted by molar-refractivity contribution is 6.31. The van der Waals surface area contributed by atoms with E-state index >= 15 is 0 Å². The summed E-state index contributed by atoms with van der Waals surface area (Å²) in [5, 5.41) is 15.3. The fourth-order valence-electron chi connectivity index (χ4n) is 1.94. The molecule has 1 atom stereocenters. The van der Waals surface area contributed by atoms with E-state index in [0.717, 1.165) is 5.56 Å². The Labute approximate surface area is 132 Å². The number of hydrogen-bond acceptors (Lipinski definition) is 3. The van der Waals surface area contributed by atoms with Gasteiger partial charge in [-0.05, 0) is 36.2 Å². The summed E-state index contributed by atoms with van der Waals surface area (Å²) in [7, 11) is 0. The van der Waals surface area contributed by atoms with Gasteiger partial charge in [-0.25, -0.2) is 0 Å². The summed E-state index contributed by atoms with van der Waals surface area (Å²) < 4.78 is 0. The van der Waals surface area contributed by atoms with Gasteiger partial charge in [0.1, 0.15) is 0 Å². The van der Waals surface area contributed by atoms with Gasteiger partial charge in [0, 0.05) is 34.8 Å². The summed E-state index contributed by atoms with van der Waals surface area (Å²) in [5.74, 6) is 0. The Morgan fingerprint density at radius 1 is 1.19 bits per heavy atom. The lowest BCUT2D eigenvalue weighted by molar-refractivity contribution is -0.384. The standard InChI is InChI=1S/C15H14Cl2N2O2/c1-10(11-2-4-13(16)5-3-11)18-9-12-8-14(19(20)21)6-7-15(12)17/h2-8,10,18H,9H2,1H3/t10-/m1/s1. The minimum atomic E-state index is -0.428. The van der Waals surface area contributed by atoms with Gasteiger partial charge in [-0.1, -0.05) is 35.3 Å². The SMILES string of the molecule is C[C@@H](NCc1cc([N+](=O)[O-])ccc1Cl)c1ccc(Cl)cc1. The first-order valence-corrected chi connectivity index (χ1v) is 7.14. The summed E-state index contributed by atoms with van der Waals surface area (Å²) in [6.45, 7) is 2.46. The zero-order chi connectivity index (χ0) is 15.4. The first kappa shape index (κ1) is 15.8. The lowest BCUT2D eigenvalue weighted by atomic mass is 10.1. The van der Waals surface area contributed by atoms with Crippen LogP contribution < -0.4 is 5.32 Å². The second-order valence-corrected chi connectivity index (χ2v) is 5.53. The average Bonchev–Trinajstić information content (AvgIpc) is 2.46. The summed E-state index contributed by atoms with van der Waals surface area (Å²) >= 11 is 11.9. The predicted octanol–water partition coefficient (Wildman–Crippen LogP) is 4.75. The fraction of sp³-hybridized carbons (Fsp3) is 0.200. The number of nitro groups is 1. The normalized spacial score (nSPS) is 12.1. The Morgan fingerprint density at radius 3 is 2.48 bits per heavy atom. The van der Waals surface area contributed by atoms with Gasteiger partial charge in [0.2, 0.25) is 0 Å². The second kappa shape index (κ2) is 6.89. The Hall–Kier alpha value is -1.62. The van der Waals surface area contributed by atoms with E-state index in [2.05, 4.69) is 5.32 Å². The molecular formula is C15H14Cl2N2O2. The van der Waals surface area contributed by atoms with Crippen LogP contribution in [0.4, 0.5) is 5.69 Å². The first-order chi connectivity index (χ1) is 9.97. The minimum Gasteiger partial charge on any atom is -0.306 e. The van der Waals surface area contributed by atoms with Crippen molar-refractivity contribution >= 4 is 28.9 Å². The maximum Gasteiger partial charge on any atom is 0.269 e. The summed E-state index contributed by atoms with van der Waals surface area (Å²) in [4.78, 5) is 10.4. The van der Waals surface area contributed by atoms with Gasteiger partial charge in [-0.3, -0.25) is 10.1 Å². The van der Waals surface area contributed by atoms with Crippen molar-refractivity contribution in [3.8, 4) is 0 Å². The van der Waals surface area contributed by atoms with Gasteiger partial charge in [0.25, 0.3) is 5.69 Å². The lowest BCUT2D eigenvalue weighted by Crippen LogP contribution is -2.18. The number of benzene rings is 2. The third-order valence-electron chi connectivity index (χ3n) is 3.21. The molecule has 2 aromatic carbocycles. The van der Waals surface area contributed by atoms with Crippen LogP contribution in [-0.2, 0) is 6.54 Å². The highest BCUT2D eigenvalue weighted by Gasteiger charge is 2.11. The molecule has 4 nitrogen and oxygen atoms in total. The molecule has 0 saturated carbocycles. The van der Waals surface area contributed by atoms with Crippen LogP contribution in [0.1, 0.15) is 24.1 Å². The highest BCUT2D eigenvalue weighted by atomic mass is 35.5. The van der Waals surface area contributed by atoms with Crippen LogP contribution in [0.5, 0.6) is 0 Å². The zero-order valence-corrected chi connectivity index (χ0v) is 12.9. The number of nitro benzene ring substituents is 1. The Balaban J connectivity index is 2.07. The molecule has 0 spiro atoms. The van der Waals surface area contributed by atoms with Crippen molar-refractivity contribution in [1.29, 1.82) is 0 Å². The van der Waals surface area contributed by atoms with Crippen LogP contribution in [-0.4, -0.2) is 4.92 Å². The average molecular weight is 325 g/mol. The van der Waals surface area contributed by atoms with Gasteiger partial charge in [0.05, 0.1) is 4.92 Å². The molecule has 0 amide bonds. The largest absolute Gasteiger partial charge is 0.306 e. The molecular weight excluding hydrogens is 311 g/mol. The van der Waals surface area contributed by atoms with Gasteiger partial charge in [-0.2, -0.15) is 0 Å². The van der Waals surface area contributed by atoms with Crippen molar-refractivity contribution < 1.29 is 4.92 Å². The van der Waals surface area contributed by atoms with Crippen molar-refractivity contribution in [2.45, 2.75) is 19.5 Å². The Kier molecular flexibility index (Phi) is 5.17. The molecule has 110 valence electrons. The van der Waals surface area contributed by atoms with E-state index in [9.17, 15) is 10.1 Å². The van der Waals surface area contributed by atoms with Crippen LogP contribution in [0.3, 0.4) is 0 Å². The molecule has 0 saturated heterocycles. The molecule has 0 heterocycles. The van der Waals surface area contributed by atoms with Crippen molar-refractivity contribution in [3.05, 3.63) is 73.8 Å². The molecule has 0 aliphatic carbocycles. The lowest BCUT2D eigenvalue weighted by Gasteiger charge is -2.15. The zero-order valence-electron chi connectivity index (χ0n) is 11.3. The topological polar surface area (TPSA) is 55.2 Å². The van der Waals surface area contributed by atoms with Gasteiger partial charge in [-0.15, -0.1) is 0 Å². The van der Waals surface area contributed by atoms with E-state index in [4.69, 9.17) is 23.2 Å². The predicted molar refractivity (Wildman–Crippen MR) is 84.8 cm³/mol. The van der Waals surface area contributed by atoms with Crippen LogP contribution in [0, 0.1) is 10.1 Å². The molecule has 0 aliphatic rings. The van der Waals surface area contributed by atoms with Gasteiger partial charge >= 0.3 is 0 Å². The molecule has 2 aromatic rings.